The standard InChI is InChI=1S/C13H12FN5O.C13H13N5.C12H10ClN5O.2C12H10FN5O/c1-19-13-10(12(15)16-6-17-13)11(18-19)7-3-8(14)5-9(4-7)20-2;1-8-4-3-5-9(6-8)11-10-12(14)15-7-16-13(10)18(2)17-11;2*1-18-12-9(11(14)15-5-16-12)10(17-18)6-2-7(13)4-8(19)3-6;1-18-12-9(11(14)15-5-16-12)10(17-18)6-2-3-8(19)7(13)4-6/h3-6H,1-2H3,(H2,15,16,17);3-7H,1-2H3,(H2,14,15,16);3*2-5,19H,1H3,(H2,14,15,16). The average molecular weight is 1310 g/mol. The van der Waals surface area contributed by atoms with E-state index < -0.39 is 23.2 Å². The third-order valence-corrected chi connectivity index (χ3v) is 14.7. The quantitative estimate of drug-likeness (QED) is 0.0772. The van der Waals surface area contributed by atoms with Gasteiger partial charge in [-0.05, 0) is 73.7 Å². The van der Waals surface area contributed by atoms with Crippen LogP contribution in [-0.4, -0.2) is 121 Å². The normalized spacial score (nSPS) is 11.0. The Morgan fingerprint density at radius 2 is 0.737 bits per heavy atom. The molecule has 480 valence electrons. The van der Waals surface area contributed by atoms with Crippen LogP contribution in [0.1, 0.15) is 5.56 Å². The van der Waals surface area contributed by atoms with Gasteiger partial charge in [-0.15, -0.1) is 0 Å². The zero-order chi connectivity index (χ0) is 67.7. The number of benzene rings is 5. The van der Waals surface area contributed by atoms with Gasteiger partial charge in [-0.3, -0.25) is 0 Å². The Balaban J connectivity index is 0.000000121. The minimum absolute atomic E-state index is 0.0664. The maximum absolute atomic E-state index is 13.6. The summed E-state index contributed by atoms with van der Waals surface area (Å²) < 4.78 is 53.5. The van der Waals surface area contributed by atoms with Crippen LogP contribution in [0, 0.1) is 24.4 Å². The SMILES string of the molecule is COc1cc(F)cc(-c2nn(C)c3ncnc(N)c23)c1.Cc1cccc(-c2nn(C)c3ncnc(N)c23)c1.Cn1nc(-c2cc(O)cc(Cl)c2)c2c(N)ncnc21.Cn1nc(-c2cc(O)cc(F)c2)c2c(N)ncnc21.Cn1nc(-c2ccc(O)c(F)c2)c2c(N)ncnc21. The van der Waals surface area contributed by atoms with Crippen molar-refractivity contribution in [1.29, 1.82) is 0 Å². The molecule has 0 aliphatic carbocycles. The number of phenols is 3. The molecule has 0 bridgehead atoms. The van der Waals surface area contributed by atoms with Gasteiger partial charge in [0.1, 0.15) is 118 Å². The van der Waals surface area contributed by atoms with Gasteiger partial charge in [0.25, 0.3) is 0 Å². The van der Waals surface area contributed by atoms with Crippen LogP contribution >= 0.6 is 11.6 Å². The summed E-state index contributed by atoms with van der Waals surface area (Å²) in [6.07, 6.45) is 6.90. The first-order valence-corrected chi connectivity index (χ1v) is 28.4. The molecule has 15 rings (SSSR count). The van der Waals surface area contributed by atoms with Crippen LogP contribution in [0.25, 0.3) is 111 Å². The molecule has 33 heteroatoms. The third kappa shape index (κ3) is 12.9. The second kappa shape index (κ2) is 26.2. The fourth-order valence-electron chi connectivity index (χ4n) is 10.2. The van der Waals surface area contributed by atoms with Crippen LogP contribution in [0.3, 0.4) is 0 Å². The molecular formula is C62H55ClF3N25O4. The minimum atomic E-state index is -0.716. The molecule has 10 aromatic heterocycles. The van der Waals surface area contributed by atoms with E-state index in [0.717, 1.165) is 28.4 Å². The molecular weight excluding hydrogens is 1250 g/mol. The van der Waals surface area contributed by atoms with Gasteiger partial charge in [0.05, 0.1) is 34.0 Å². The number of phenolic OH excluding ortho intramolecular Hbond substituents is 3. The van der Waals surface area contributed by atoms with Crippen LogP contribution < -0.4 is 33.4 Å². The van der Waals surface area contributed by atoms with E-state index in [9.17, 15) is 28.5 Å². The third-order valence-electron chi connectivity index (χ3n) is 14.5. The van der Waals surface area contributed by atoms with Gasteiger partial charge in [-0.2, -0.15) is 25.5 Å². The number of rotatable bonds is 6. The molecule has 5 aromatic carbocycles. The largest absolute Gasteiger partial charge is 0.508 e. The average Bonchev–Trinajstić information content (AvgIpc) is 1.75. The molecule has 0 amide bonds. The highest BCUT2D eigenvalue weighted by Gasteiger charge is 2.22. The molecule has 15 aromatic rings. The molecule has 0 aliphatic rings. The minimum Gasteiger partial charge on any atom is -0.508 e. The number of hydrogen-bond acceptors (Lipinski definition) is 24. The lowest BCUT2D eigenvalue weighted by molar-refractivity contribution is 0.411. The van der Waals surface area contributed by atoms with Crippen molar-refractivity contribution < 1.29 is 33.2 Å². The number of nitrogens with two attached hydrogens (primary N) is 5. The molecule has 0 saturated heterocycles. The van der Waals surface area contributed by atoms with E-state index in [1.165, 1.54) is 91.5 Å². The number of anilines is 5. The Morgan fingerprint density at radius 1 is 0.389 bits per heavy atom. The molecule has 0 fully saturated rings. The summed E-state index contributed by atoms with van der Waals surface area (Å²) in [4.78, 5) is 40.5. The van der Waals surface area contributed by atoms with Gasteiger partial charge in [-0.1, -0.05) is 35.4 Å². The van der Waals surface area contributed by atoms with Crippen molar-refractivity contribution in [2.45, 2.75) is 6.92 Å². The summed E-state index contributed by atoms with van der Waals surface area (Å²) in [6.45, 7) is 2.05. The Morgan fingerprint density at radius 3 is 1.09 bits per heavy atom. The van der Waals surface area contributed by atoms with Crippen molar-refractivity contribution in [3.63, 3.8) is 0 Å². The number of aromatic hydroxyl groups is 3. The topological polar surface area (TPSA) is 418 Å². The molecule has 0 spiro atoms. The van der Waals surface area contributed by atoms with Gasteiger partial charge >= 0.3 is 0 Å². The number of aromatic nitrogens is 20. The van der Waals surface area contributed by atoms with E-state index in [1.54, 1.807) is 71.2 Å². The molecule has 95 heavy (non-hydrogen) atoms. The number of ether oxygens (including phenoxy) is 1. The summed E-state index contributed by atoms with van der Waals surface area (Å²) in [7, 11) is 10.3. The Bertz CT molecular complexity index is 5250. The molecule has 13 N–H and O–H groups in total. The molecule has 0 aliphatic heterocycles. The van der Waals surface area contributed by atoms with E-state index in [-0.39, 0.29) is 23.1 Å². The Labute approximate surface area is 539 Å². The number of nitrogens with zero attached hydrogens (tertiary/aromatic N) is 20. The first-order chi connectivity index (χ1) is 45.5. The molecule has 0 unspecified atom stereocenters. The van der Waals surface area contributed by atoms with Crippen LogP contribution in [0.5, 0.6) is 23.0 Å². The maximum Gasteiger partial charge on any atom is 0.165 e. The molecule has 0 saturated carbocycles. The van der Waals surface area contributed by atoms with Gasteiger partial charge < -0.3 is 48.7 Å². The molecule has 0 atom stereocenters. The number of aryl methyl sites for hydroxylation is 6. The van der Waals surface area contributed by atoms with Gasteiger partial charge in [0, 0.05) is 80.2 Å². The zero-order valence-corrected chi connectivity index (χ0v) is 52.0. The fourth-order valence-corrected chi connectivity index (χ4v) is 10.5. The van der Waals surface area contributed by atoms with Crippen molar-refractivity contribution in [2.24, 2.45) is 35.2 Å². The number of hydrogen-bond donors (Lipinski definition) is 8. The summed E-state index contributed by atoms with van der Waals surface area (Å²) in [5.41, 5.74) is 39.7. The van der Waals surface area contributed by atoms with Crippen LogP contribution in [0.15, 0.2) is 129 Å². The van der Waals surface area contributed by atoms with Crippen LogP contribution in [0.4, 0.5) is 42.3 Å². The monoisotopic (exact) mass is 1310 g/mol. The van der Waals surface area contributed by atoms with Gasteiger partial charge in [-0.25, -0.2) is 86.4 Å². The lowest BCUT2D eigenvalue weighted by atomic mass is 10.1. The first-order valence-electron chi connectivity index (χ1n) is 28.0. The van der Waals surface area contributed by atoms with E-state index in [1.807, 2.05) is 19.2 Å². The van der Waals surface area contributed by atoms with E-state index >= 15 is 0 Å². The molecule has 0 radical (unpaired) electrons. The summed E-state index contributed by atoms with van der Waals surface area (Å²) in [5.74, 6) is -0.134. The van der Waals surface area contributed by atoms with Crippen molar-refractivity contribution in [3.8, 4) is 79.3 Å². The number of halogens is 4. The molecule has 29 nitrogen and oxygen atoms in total. The highest BCUT2D eigenvalue weighted by Crippen LogP contribution is 2.37. The lowest BCUT2D eigenvalue weighted by Crippen LogP contribution is -1.95. The van der Waals surface area contributed by atoms with Crippen molar-refractivity contribution >= 4 is 95.9 Å². The van der Waals surface area contributed by atoms with Crippen molar-refractivity contribution in [3.05, 3.63) is 157 Å². The van der Waals surface area contributed by atoms with Gasteiger partial charge in [0.15, 0.2) is 39.8 Å². The predicted molar refractivity (Wildman–Crippen MR) is 352 cm³/mol. The smallest absolute Gasteiger partial charge is 0.165 e. The van der Waals surface area contributed by atoms with Crippen molar-refractivity contribution in [2.75, 3.05) is 35.8 Å². The van der Waals surface area contributed by atoms with E-state index in [0.29, 0.717) is 117 Å². The van der Waals surface area contributed by atoms with E-state index in [2.05, 4.69) is 94.4 Å². The second-order valence-electron chi connectivity index (χ2n) is 21.0. The summed E-state index contributed by atoms with van der Waals surface area (Å²) >= 11 is 5.94. The predicted octanol–water partition coefficient (Wildman–Crippen LogP) is 8.57. The van der Waals surface area contributed by atoms with Gasteiger partial charge in [0.2, 0.25) is 0 Å². The van der Waals surface area contributed by atoms with Crippen molar-refractivity contribution in [1.82, 2.24) is 98.7 Å². The summed E-state index contributed by atoms with van der Waals surface area (Å²) in [5, 5.41) is 53.6. The highest BCUT2D eigenvalue weighted by molar-refractivity contribution is 6.31. The summed E-state index contributed by atoms with van der Waals surface area (Å²) in [6, 6.07) is 25.0. The fraction of sp³-hybridized carbons (Fsp3) is 0.113. The Kier molecular flexibility index (Phi) is 17.5. The Hall–Kier alpha value is -12.9. The number of fused-ring (bicyclic) bond motifs is 5. The number of nitrogen functional groups attached to an aromatic ring is 5. The molecule has 10 heterocycles. The van der Waals surface area contributed by atoms with Crippen LogP contribution in [0.2, 0.25) is 5.02 Å². The highest BCUT2D eigenvalue weighted by atomic mass is 35.5. The van der Waals surface area contributed by atoms with E-state index in [4.69, 9.17) is 45.0 Å². The second-order valence-corrected chi connectivity index (χ2v) is 21.4. The first kappa shape index (κ1) is 63.7. The number of methoxy groups -OCH3 is 1. The zero-order valence-electron chi connectivity index (χ0n) is 51.2. The lowest BCUT2D eigenvalue weighted by Gasteiger charge is -2.04. The van der Waals surface area contributed by atoms with Crippen LogP contribution in [-0.2, 0) is 35.2 Å². The maximum atomic E-state index is 13.6.